The van der Waals surface area contributed by atoms with Crippen LogP contribution in [0, 0.1) is 11.7 Å². The van der Waals surface area contributed by atoms with Gasteiger partial charge < -0.3 is 10.6 Å². The number of benzene rings is 2. The Labute approximate surface area is 159 Å². The molecule has 1 saturated carbocycles. The van der Waals surface area contributed by atoms with Crippen LogP contribution in [0.25, 0.3) is 0 Å². The molecule has 0 unspecified atom stereocenters. The third-order valence-corrected chi connectivity index (χ3v) is 5.20. The maximum Gasteiger partial charge on any atom is 0.235 e. The fourth-order valence-corrected chi connectivity index (χ4v) is 3.59. The van der Waals surface area contributed by atoms with Crippen molar-refractivity contribution in [2.24, 2.45) is 5.92 Å². The summed E-state index contributed by atoms with van der Waals surface area (Å²) < 4.78 is 13.7. The van der Waals surface area contributed by atoms with Gasteiger partial charge in [0.05, 0.1) is 5.41 Å². The summed E-state index contributed by atoms with van der Waals surface area (Å²) in [6.45, 7) is 3.66. The average molecular weight is 368 g/mol. The van der Waals surface area contributed by atoms with Gasteiger partial charge in [-0.25, -0.2) is 4.39 Å². The third kappa shape index (κ3) is 4.18. The van der Waals surface area contributed by atoms with Crippen LogP contribution in [0.1, 0.15) is 45.1 Å². The van der Waals surface area contributed by atoms with Gasteiger partial charge in [-0.1, -0.05) is 38.8 Å². The van der Waals surface area contributed by atoms with E-state index in [0.717, 1.165) is 18.4 Å². The molecule has 142 valence electrons. The van der Waals surface area contributed by atoms with Crippen LogP contribution in [-0.4, -0.2) is 11.8 Å². The lowest BCUT2D eigenvalue weighted by Gasteiger charge is -2.28. The van der Waals surface area contributed by atoms with Gasteiger partial charge in [-0.3, -0.25) is 9.59 Å². The van der Waals surface area contributed by atoms with Gasteiger partial charge in [-0.2, -0.15) is 0 Å². The molecule has 2 aromatic rings. The van der Waals surface area contributed by atoms with Crippen molar-refractivity contribution < 1.29 is 14.0 Å². The Bertz CT molecular complexity index is 824. The van der Waals surface area contributed by atoms with Gasteiger partial charge in [0, 0.05) is 17.3 Å². The molecule has 2 amide bonds. The van der Waals surface area contributed by atoms with Crippen LogP contribution in [0.3, 0.4) is 0 Å². The van der Waals surface area contributed by atoms with Gasteiger partial charge >= 0.3 is 0 Å². The van der Waals surface area contributed by atoms with Crippen LogP contribution >= 0.6 is 0 Å². The predicted octanol–water partition coefficient (Wildman–Crippen LogP) is 4.87. The molecule has 2 aromatic carbocycles. The molecule has 0 aliphatic heterocycles. The summed E-state index contributed by atoms with van der Waals surface area (Å²) in [5.41, 5.74) is 1.39. The van der Waals surface area contributed by atoms with Gasteiger partial charge in [0.25, 0.3) is 0 Å². The molecule has 0 saturated heterocycles. The van der Waals surface area contributed by atoms with E-state index in [2.05, 4.69) is 10.6 Å². The highest BCUT2D eigenvalue weighted by Crippen LogP contribution is 2.42. The molecule has 0 radical (unpaired) electrons. The fraction of sp³-hybridized carbons (Fsp3) is 0.364. The molecule has 0 aromatic heterocycles. The third-order valence-electron chi connectivity index (χ3n) is 5.20. The number of carbonyl (C=O) groups excluding carboxylic acids is 2. The first kappa shape index (κ1) is 19.1. The number of anilines is 2. The second-order valence-corrected chi connectivity index (χ2v) is 7.47. The van der Waals surface area contributed by atoms with Gasteiger partial charge in [0.15, 0.2) is 0 Å². The number of hydrogen-bond donors (Lipinski definition) is 2. The zero-order valence-corrected chi connectivity index (χ0v) is 15.7. The highest BCUT2D eigenvalue weighted by Gasteiger charge is 2.42. The van der Waals surface area contributed by atoms with Crippen molar-refractivity contribution in [3.05, 3.63) is 59.9 Å². The van der Waals surface area contributed by atoms with E-state index in [1.807, 2.05) is 19.9 Å². The molecular formula is C22H25FN2O2. The van der Waals surface area contributed by atoms with Gasteiger partial charge in [-0.05, 0) is 54.8 Å². The number of halogens is 1. The zero-order chi connectivity index (χ0) is 19.4. The quantitative estimate of drug-likeness (QED) is 0.791. The van der Waals surface area contributed by atoms with E-state index in [1.54, 1.807) is 30.3 Å². The van der Waals surface area contributed by atoms with E-state index in [1.165, 1.54) is 12.1 Å². The molecule has 27 heavy (non-hydrogen) atoms. The maximum atomic E-state index is 13.7. The summed E-state index contributed by atoms with van der Waals surface area (Å²) in [6, 6.07) is 13.4. The summed E-state index contributed by atoms with van der Waals surface area (Å²) in [4.78, 5) is 24.9. The molecule has 1 fully saturated rings. The highest BCUT2D eigenvalue weighted by atomic mass is 19.1. The minimum atomic E-state index is -0.688. The van der Waals surface area contributed by atoms with Crippen LogP contribution in [-0.2, 0) is 15.0 Å². The topological polar surface area (TPSA) is 58.2 Å². The number of nitrogens with one attached hydrogen (secondary N) is 2. The van der Waals surface area contributed by atoms with Crippen LogP contribution in [0.5, 0.6) is 0 Å². The fourth-order valence-electron chi connectivity index (χ4n) is 3.59. The lowest BCUT2D eigenvalue weighted by Crippen LogP contribution is -2.38. The van der Waals surface area contributed by atoms with Gasteiger partial charge in [0.1, 0.15) is 5.82 Å². The second-order valence-electron chi connectivity index (χ2n) is 7.47. The largest absolute Gasteiger partial charge is 0.326 e. The maximum absolute atomic E-state index is 13.7. The van der Waals surface area contributed by atoms with Crippen LogP contribution in [0.2, 0.25) is 0 Å². The normalized spacial score (nSPS) is 15.6. The van der Waals surface area contributed by atoms with Gasteiger partial charge in [0.2, 0.25) is 11.8 Å². The molecular weight excluding hydrogens is 343 g/mol. The molecule has 1 aliphatic carbocycles. The summed E-state index contributed by atoms with van der Waals surface area (Å²) in [5, 5.41) is 5.80. The summed E-state index contributed by atoms with van der Waals surface area (Å²) >= 11 is 0. The first-order chi connectivity index (χ1) is 12.9. The van der Waals surface area contributed by atoms with Crippen LogP contribution in [0.4, 0.5) is 15.8 Å². The van der Waals surface area contributed by atoms with Crippen molar-refractivity contribution in [2.75, 3.05) is 10.6 Å². The first-order valence-corrected chi connectivity index (χ1v) is 9.39. The number of hydrogen-bond acceptors (Lipinski definition) is 2. The van der Waals surface area contributed by atoms with Crippen molar-refractivity contribution in [1.29, 1.82) is 0 Å². The molecule has 0 bridgehead atoms. The lowest BCUT2D eigenvalue weighted by atomic mass is 9.78. The van der Waals surface area contributed by atoms with Crippen LogP contribution in [0.15, 0.2) is 48.5 Å². The Morgan fingerprint density at radius 2 is 1.56 bits per heavy atom. The second kappa shape index (κ2) is 7.91. The SMILES string of the molecule is CC(C)C(=O)Nc1ccc(NC(=O)C2(c3cccc(F)c3)CCCC2)cc1. The Hall–Kier alpha value is -2.69. The summed E-state index contributed by atoms with van der Waals surface area (Å²) in [7, 11) is 0. The minimum Gasteiger partial charge on any atom is -0.326 e. The number of rotatable bonds is 5. The van der Waals surface area contributed by atoms with Crippen molar-refractivity contribution >= 4 is 23.2 Å². The van der Waals surface area contributed by atoms with E-state index < -0.39 is 5.41 Å². The molecule has 2 N–H and O–H groups in total. The van der Waals surface area contributed by atoms with Crippen molar-refractivity contribution in [1.82, 2.24) is 0 Å². The number of carbonyl (C=O) groups is 2. The Morgan fingerprint density at radius 1 is 0.963 bits per heavy atom. The molecule has 0 atom stereocenters. The standard InChI is InChI=1S/C22H25FN2O2/c1-15(2)20(26)24-18-8-10-19(11-9-18)25-21(27)22(12-3-4-13-22)16-6-5-7-17(23)14-16/h5-11,14-15H,3-4,12-13H2,1-2H3,(H,24,26)(H,25,27). The highest BCUT2D eigenvalue weighted by molar-refractivity contribution is 6.00. The van der Waals surface area contributed by atoms with Crippen molar-refractivity contribution in [3.63, 3.8) is 0 Å². The molecule has 0 heterocycles. The molecule has 3 rings (SSSR count). The van der Waals surface area contributed by atoms with Crippen molar-refractivity contribution in [2.45, 2.75) is 44.9 Å². The lowest BCUT2D eigenvalue weighted by molar-refractivity contribution is -0.121. The summed E-state index contributed by atoms with van der Waals surface area (Å²) in [6.07, 6.45) is 3.32. The molecule has 4 nitrogen and oxygen atoms in total. The molecule has 5 heteroatoms. The van der Waals surface area contributed by atoms with Gasteiger partial charge in [-0.15, -0.1) is 0 Å². The Kier molecular flexibility index (Phi) is 5.59. The Morgan fingerprint density at radius 3 is 2.11 bits per heavy atom. The van der Waals surface area contributed by atoms with E-state index in [0.29, 0.717) is 24.2 Å². The molecule has 1 aliphatic rings. The number of amides is 2. The summed E-state index contributed by atoms with van der Waals surface area (Å²) in [5.74, 6) is -0.581. The predicted molar refractivity (Wildman–Crippen MR) is 105 cm³/mol. The monoisotopic (exact) mass is 368 g/mol. The van der Waals surface area contributed by atoms with E-state index >= 15 is 0 Å². The Balaban J connectivity index is 1.76. The zero-order valence-electron chi connectivity index (χ0n) is 15.7. The van der Waals surface area contributed by atoms with E-state index in [4.69, 9.17) is 0 Å². The van der Waals surface area contributed by atoms with Crippen LogP contribution < -0.4 is 10.6 Å². The van der Waals surface area contributed by atoms with E-state index in [9.17, 15) is 14.0 Å². The minimum absolute atomic E-state index is 0.0530. The average Bonchev–Trinajstić information content (AvgIpc) is 3.14. The smallest absolute Gasteiger partial charge is 0.235 e. The van der Waals surface area contributed by atoms with Crippen molar-refractivity contribution in [3.8, 4) is 0 Å². The van der Waals surface area contributed by atoms with E-state index in [-0.39, 0.29) is 23.5 Å². The molecule has 0 spiro atoms. The first-order valence-electron chi connectivity index (χ1n) is 9.39.